The Bertz CT molecular complexity index is 1570. The van der Waals surface area contributed by atoms with Gasteiger partial charge in [-0.1, -0.05) is 18.2 Å². The lowest BCUT2D eigenvalue weighted by atomic mass is 10.1. The smallest absolute Gasteiger partial charge is 0.253 e. The minimum Gasteiger partial charge on any atom is -0.343 e. The van der Waals surface area contributed by atoms with E-state index in [1.807, 2.05) is 42.6 Å². The first-order valence-electron chi connectivity index (χ1n) is 11.4. The Labute approximate surface area is 218 Å². The molecule has 3 heterocycles. The van der Waals surface area contributed by atoms with Gasteiger partial charge >= 0.3 is 0 Å². The predicted octanol–water partition coefficient (Wildman–Crippen LogP) is 3.64. The summed E-state index contributed by atoms with van der Waals surface area (Å²) in [4.78, 5) is 38.0. The fourth-order valence-corrected chi connectivity index (χ4v) is 5.43. The molecule has 192 valence electrons. The van der Waals surface area contributed by atoms with Gasteiger partial charge in [0.1, 0.15) is 5.82 Å². The minimum absolute atomic E-state index is 0.157. The number of carbonyl (C=O) groups is 2. The molecule has 0 aliphatic carbocycles. The topological polar surface area (TPSA) is 136 Å². The second-order valence-electron chi connectivity index (χ2n) is 8.60. The molecule has 2 amide bonds. The lowest BCUT2D eigenvalue weighted by Crippen LogP contribution is -2.32. The van der Waals surface area contributed by atoms with Crippen molar-refractivity contribution in [2.45, 2.75) is 32.9 Å². The van der Waals surface area contributed by atoms with Crippen LogP contribution >= 0.6 is 11.3 Å². The molecule has 3 aromatic heterocycles. The predicted molar refractivity (Wildman–Crippen MR) is 143 cm³/mol. The van der Waals surface area contributed by atoms with Crippen molar-refractivity contribution in [3.8, 4) is 22.5 Å². The van der Waals surface area contributed by atoms with E-state index in [0.29, 0.717) is 22.3 Å². The number of benzene rings is 1. The second-order valence-corrected chi connectivity index (χ2v) is 11.8. The summed E-state index contributed by atoms with van der Waals surface area (Å²) >= 11 is 1.27. The van der Waals surface area contributed by atoms with E-state index in [1.165, 1.54) is 23.6 Å². The third kappa shape index (κ3) is 5.92. The number of hydrogen-bond donors (Lipinski definition) is 2. The molecule has 0 bridgehead atoms. The molecule has 10 nitrogen and oxygen atoms in total. The molecule has 0 saturated carbocycles. The highest BCUT2D eigenvalue weighted by Gasteiger charge is 2.22. The van der Waals surface area contributed by atoms with Crippen LogP contribution in [0, 0.1) is 13.8 Å². The molecule has 0 saturated heterocycles. The van der Waals surface area contributed by atoms with Crippen LogP contribution in [-0.2, 0) is 14.8 Å². The number of nitrogens with zero attached hydrogens (tertiary/aromatic N) is 4. The fourth-order valence-electron chi connectivity index (χ4n) is 3.52. The fraction of sp³-hybridized carbons (Fsp3) is 0.240. The molecule has 0 aliphatic rings. The first-order chi connectivity index (χ1) is 17.5. The Hall–Kier alpha value is -3.90. The lowest BCUT2D eigenvalue weighted by Gasteiger charge is -2.10. The maximum absolute atomic E-state index is 12.5. The van der Waals surface area contributed by atoms with E-state index in [9.17, 15) is 18.0 Å². The van der Waals surface area contributed by atoms with E-state index < -0.39 is 27.1 Å². The van der Waals surface area contributed by atoms with Crippen LogP contribution in [0.2, 0.25) is 0 Å². The highest BCUT2D eigenvalue weighted by Crippen LogP contribution is 2.28. The Morgan fingerprint density at radius 3 is 2.49 bits per heavy atom. The molecule has 0 fully saturated rings. The van der Waals surface area contributed by atoms with Crippen molar-refractivity contribution >= 4 is 38.3 Å². The van der Waals surface area contributed by atoms with Gasteiger partial charge in [0, 0.05) is 34.6 Å². The van der Waals surface area contributed by atoms with Gasteiger partial charge in [0.25, 0.3) is 5.91 Å². The van der Waals surface area contributed by atoms with Gasteiger partial charge in [0.2, 0.25) is 15.9 Å². The number of rotatable bonds is 8. The van der Waals surface area contributed by atoms with Gasteiger partial charge in [0.05, 0.1) is 28.7 Å². The molecule has 0 spiro atoms. The summed E-state index contributed by atoms with van der Waals surface area (Å²) in [5.74, 6) is -0.320. The van der Waals surface area contributed by atoms with Crippen LogP contribution in [0.15, 0.2) is 54.2 Å². The zero-order chi connectivity index (χ0) is 26.7. The van der Waals surface area contributed by atoms with E-state index >= 15 is 0 Å². The third-order valence-corrected chi connectivity index (χ3v) is 8.38. The van der Waals surface area contributed by atoms with Gasteiger partial charge in [-0.05, 0) is 45.9 Å². The summed E-state index contributed by atoms with van der Waals surface area (Å²) in [5, 5.41) is 6.78. The van der Waals surface area contributed by atoms with Crippen molar-refractivity contribution in [1.29, 1.82) is 0 Å². The average molecular weight is 539 g/mol. The lowest BCUT2D eigenvalue weighted by molar-refractivity contribution is -0.115. The van der Waals surface area contributed by atoms with Crippen molar-refractivity contribution in [3.05, 3.63) is 71.3 Å². The summed E-state index contributed by atoms with van der Waals surface area (Å²) in [7, 11) is -3.59. The maximum Gasteiger partial charge on any atom is 0.253 e. The largest absolute Gasteiger partial charge is 0.343 e. The second kappa shape index (κ2) is 10.6. The number of thiazole rings is 1. The standard InChI is InChI=1S/C25H26N6O4S2/c1-15(2)37(34,35)31-13-20(10-16(31)3)24(33)27-12-23(32)30-25-29-22(14-36-25)19-7-5-6-18(11-19)21-8-9-26-17(4)28-21/h5-11,13-15H,12H2,1-4H3,(H,27,33)(H,29,30,32). The summed E-state index contributed by atoms with van der Waals surface area (Å²) in [6, 6.07) is 11.1. The van der Waals surface area contributed by atoms with Crippen molar-refractivity contribution in [1.82, 2.24) is 24.2 Å². The van der Waals surface area contributed by atoms with Crippen LogP contribution in [0.5, 0.6) is 0 Å². The average Bonchev–Trinajstić information content (AvgIpc) is 3.49. The van der Waals surface area contributed by atoms with Gasteiger partial charge in [-0.25, -0.2) is 27.3 Å². The van der Waals surface area contributed by atoms with Gasteiger partial charge < -0.3 is 10.6 Å². The maximum atomic E-state index is 12.5. The van der Waals surface area contributed by atoms with E-state index in [1.54, 1.807) is 27.0 Å². The molecule has 0 atom stereocenters. The first kappa shape index (κ1) is 26.2. The van der Waals surface area contributed by atoms with E-state index in [4.69, 9.17) is 0 Å². The highest BCUT2D eigenvalue weighted by atomic mass is 32.2. The van der Waals surface area contributed by atoms with Crippen molar-refractivity contribution in [2.24, 2.45) is 0 Å². The van der Waals surface area contributed by atoms with E-state index in [0.717, 1.165) is 20.8 Å². The van der Waals surface area contributed by atoms with Gasteiger partial charge in [0.15, 0.2) is 5.13 Å². The molecule has 0 unspecified atom stereocenters. The number of amides is 2. The monoisotopic (exact) mass is 538 g/mol. The van der Waals surface area contributed by atoms with Crippen LogP contribution in [0.3, 0.4) is 0 Å². The third-order valence-electron chi connectivity index (χ3n) is 5.49. The quantitative estimate of drug-likeness (QED) is 0.350. The molecule has 37 heavy (non-hydrogen) atoms. The summed E-state index contributed by atoms with van der Waals surface area (Å²) < 4.78 is 25.9. The van der Waals surface area contributed by atoms with Crippen LogP contribution in [0.25, 0.3) is 22.5 Å². The molecule has 1 aromatic carbocycles. The summed E-state index contributed by atoms with van der Waals surface area (Å²) in [6.07, 6.45) is 2.98. The van der Waals surface area contributed by atoms with Crippen molar-refractivity contribution in [2.75, 3.05) is 11.9 Å². The molecule has 12 heteroatoms. The first-order valence-corrected chi connectivity index (χ1v) is 13.8. The van der Waals surface area contributed by atoms with Crippen LogP contribution < -0.4 is 10.6 Å². The van der Waals surface area contributed by atoms with E-state index in [-0.39, 0.29) is 12.1 Å². The Kier molecular flexibility index (Phi) is 7.50. The van der Waals surface area contributed by atoms with Gasteiger partial charge in [-0.3, -0.25) is 9.59 Å². The minimum atomic E-state index is -3.59. The van der Waals surface area contributed by atoms with Gasteiger partial charge in [-0.15, -0.1) is 11.3 Å². The molecule has 2 N–H and O–H groups in total. The number of carbonyl (C=O) groups excluding carboxylic acids is 2. The SMILES string of the molecule is Cc1nccc(-c2cccc(-c3csc(NC(=O)CNC(=O)c4cc(C)n(S(=O)(=O)C(C)C)c4)n3)c2)n1. The summed E-state index contributed by atoms with van der Waals surface area (Å²) in [6.45, 7) is 6.28. The number of aryl methyl sites for hydroxylation is 2. The molecule has 4 rings (SSSR count). The zero-order valence-corrected chi connectivity index (χ0v) is 22.4. The van der Waals surface area contributed by atoms with Crippen LogP contribution in [0.1, 0.15) is 35.7 Å². The number of hydrogen-bond acceptors (Lipinski definition) is 8. The van der Waals surface area contributed by atoms with Crippen molar-refractivity contribution < 1.29 is 18.0 Å². The molecule has 4 aromatic rings. The van der Waals surface area contributed by atoms with Crippen LogP contribution in [0.4, 0.5) is 5.13 Å². The molecular formula is C25H26N6O4S2. The number of aromatic nitrogens is 4. The Balaban J connectivity index is 1.38. The van der Waals surface area contributed by atoms with Crippen LogP contribution in [-0.4, -0.2) is 51.0 Å². The zero-order valence-electron chi connectivity index (χ0n) is 20.7. The Morgan fingerprint density at radius 2 is 1.78 bits per heavy atom. The van der Waals surface area contributed by atoms with E-state index in [2.05, 4.69) is 25.6 Å². The highest BCUT2D eigenvalue weighted by molar-refractivity contribution is 7.90. The van der Waals surface area contributed by atoms with Gasteiger partial charge in [-0.2, -0.15) is 0 Å². The molecule has 0 radical (unpaired) electrons. The Morgan fingerprint density at radius 1 is 1.05 bits per heavy atom. The molecular weight excluding hydrogens is 512 g/mol. The normalized spacial score (nSPS) is 11.5. The number of nitrogens with one attached hydrogen (secondary N) is 2. The number of anilines is 1. The summed E-state index contributed by atoms with van der Waals surface area (Å²) in [5.41, 5.74) is 3.87. The van der Waals surface area contributed by atoms with Crippen molar-refractivity contribution in [3.63, 3.8) is 0 Å². The molecule has 0 aliphatic heterocycles.